The SMILES string of the molecule is Clc1cnc2c(ccn2C2CCCCC2)c1. The van der Waals surface area contributed by atoms with Crippen LogP contribution in [-0.4, -0.2) is 9.55 Å². The smallest absolute Gasteiger partial charge is 0.140 e. The molecule has 3 rings (SSSR count). The molecule has 2 nitrogen and oxygen atoms in total. The number of hydrogen-bond acceptors (Lipinski definition) is 1. The summed E-state index contributed by atoms with van der Waals surface area (Å²) in [7, 11) is 0. The average molecular weight is 235 g/mol. The van der Waals surface area contributed by atoms with E-state index in [1.807, 2.05) is 6.07 Å². The van der Waals surface area contributed by atoms with Crippen molar-refractivity contribution < 1.29 is 0 Å². The fraction of sp³-hybridized carbons (Fsp3) is 0.462. The molecule has 0 N–H and O–H groups in total. The van der Waals surface area contributed by atoms with Crippen molar-refractivity contribution in [3.05, 3.63) is 29.5 Å². The first-order valence-electron chi connectivity index (χ1n) is 5.97. The zero-order chi connectivity index (χ0) is 11.0. The van der Waals surface area contributed by atoms with Crippen molar-refractivity contribution in [1.29, 1.82) is 0 Å². The van der Waals surface area contributed by atoms with Gasteiger partial charge in [0, 0.05) is 23.8 Å². The van der Waals surface area contributed by atoms with Gasteiger partial charge in [0.05, 0.1) is 5.02 Å². The molecule has 0 bridgehead atoms. The summed E-state index contributed by atoms with van der Waals surface area (Å²) in [5.41, 5.74) is 1.08. The molecular weight excluding hydrogens is 220 g/mol. The summed E-state index contributed by atoms with van der Waals surface area (Å²) in [5.74, 6) is 0. The standard InChI is InChI=1S/C13H15ClN2/c14-11-8-10-6-7-16(13(10)15-9-11)12-4-2-1-3-5-12/h6-9,12H,1-5H2. The zero-order valence-corrected chi connectivity index (χ0v) is 9.95. The van der Waals surface area contributed by atoms with Gasteiger partial charge in [-0.05, 0) is 25.0 Å². The van der Waals surface area contributed by atoms with Gasteiger partial charge in [-0.1, -0.05) is 30.9 Å². The first kappa shape index (κ1) is 10.2. The van der Waals surface area contributed by atoms with Crippen LogP contribution in [0, 0.1) is 0 Å². The van der Waals surface area contributed by atoms with Crippen molar-refractivity contribution in [3.63, 3.8) is 0 Å². The summed E-state index contributed by atoms with van der Waals surface area (Å²) in [4.78, 5) is 4.45. The van der Waals surface area contributed by atoms with Gasteiger partial charge in [0.2, 0.25) is 0 Å². The largest absolute Gasteiger partial charge is 0.329 e. The molecule has 2 aromatic heterocycles. The molecular formula is C13H15ClN2. The number of hydrogen-bond donors (Lipinski definition) is 0. The van der Waals surface area contributed by atoms with Gasteiger partial charge < -0.3 is 4.57 Å². The van der Waals surface area contributed by atoms with Crippen LogP contribution >= 0.6 is 11.6 Å². The van der Waals surface area contributed by atoms with Gasteiger partial charge in [-0.3, -0.25) is 0 Å². The Morgan fingerprint density at radius 1 is 1.25 bits per heavy atom. The maximum absolute atomic E-state index is 5.94. The third-order valence-corrected chi connectivity index (χ3v) is 3.70. The molecule has 1 fully saturated rings. The van der Waals surface area contributed by atoms with E-state index >= 15 is 0 Å². The third-order valence-electron chi connectivity index (χ3n) is 3.49. The molecule has 84 valence electrons. The van der Waals surface area contributed by atoms with E-state index in [-0.39, 0.29) is 0 Å². The van der Waals surface area contributed by atoms with Crippen molar-refractivity contribution in [2.75, 3.05) is 0 Å². The Balaban J connectivity index is 2.03. The molecule has 0 unspecified atom stereocenters. The average Bonchev–Trinajstić information content (AvgIpc) is 2.73. The molecule has 0 aliphatic heterocycles. The molecule has 3 heteroatoms. The second-order valence-corrected chi connectivity index (χ2v) is 5.02. The van der Waals surface area contributed by atoms with E-state index in [4.69, 9.17) is 11.6 Å². The Kier molecular flexibility index (Phi) is 2.60. The maximum atomic E-state index is 5.94. The van der Waals surface area contributed by atoms with E-state index in [1.54, 1.807) is 6.20 Å². The van der Waals surface area contributed by atoms with Gasteiger partial charge >= 0.3 is 0 Å². The second-order valence-electron chi connectivity index (χ2n) is 4.58. The predicted octanol–water partition coefficient (Wildman–Crippen LogP) is 4.19. The van der Waals surface area contributed by atoms with Gasteiger partial charge in [0.25, 0.3) is 0 Å². The minimum Gasteiger partial charge on any atom is -0.329 e. The highest BCUT2D eigenvalue weighted by atomic mass is 35.5. The lowest BCUT2D eigenvalue weighted by atomic mass is 9.95. The van der Waals surface area contributed by atoms with Gasteiger partial charge in [0.15, 0.2) is 0 Å². The Morgan fingerprint density at radius 3 is 2.88 bits per heavy atom. The van der Waals surface area contributed by atoms with Gasteiger partial charge in [-0.15, -0.1) is 0 Å². The van der Waals surface area contributed by atoms with E-state index in [0.29, 0.717) is 11.1 Å². The lowest BCUT2D eigenvalue weighted by molar-refractivity contribution is 0.359. The van der Waals surface area contributed by atoms with E-state index in [2.05, 4.69) is 21.8 Å². The van der Waals surface area contributed by atoms with Crippen LogP contribution in [0.2, 0.25) is 5.02 Å². The van der Waals surface area contributed by atoms with Crippen LogP contribution in [0.25, 0.3) is 11.0 Å². The molecule has 0 amide bonds. The molecule has 2 heterocycles. The van der Waals surface area contributed by atoms with E-state index in [9.17, 15) is 0 Å². The Labute approximate surface area is 100 Å². The molecule has 1 aliphatic carbocycles. The quantitative estimate of drug-likeness (QED) is 0.723. The van der Waals surface area contributed by atoms with Crippen LogP contribution in [0.3, 0.4) is 0 Å². The normalized spacial score (nSPS) is 18.1. The van der Waals surface area contributed by atoms with Crippen LogP contribution < -0.4 is 0 Å². The first-order valence-corrected chi connectivity index (χ1v) is 6.34. The lowest BCUT2D eigenvalue weighted by Crippen LogP contribution is -2.12. The fourth-order valence-electron chi connectivity index (χ4n) is 2.67. The molecule has 0 saturated heterocycles. The zero-order valence-electron chi connectivity index (χ0n) is 9.19. The lowest BCUT2D eigenvalue weighted by Gasteiger charge is -2.23. The molecule has 16 heavy (non-hydrogen) atoms. The predicted molar refractivity (Wildman–Crippen MR) is 66.9 cm³/mol. The van der Waals surface area contributed by atoms with E-state index in [1.165, 1.54) is 32.1 Å². The fourth-order valence-corrected chi connectivity index (χ4v) is 2.84. The Bertz CT molecular complexity index is 498. The number of aromatic nitrogens is 2. The Hall–Kier alpha value is -1.02. The van der Waals surface area contributed by atoms with E-state index < -0.39 is 0 Å². The Morgan fingerprint density at radius 2 is 2.06 bits per heavy atom. The number of pyridine rings is 1. The highest BCUT2D eigenvalue weighted by Crippen LogP contribution is 2.31. The second kappa shape index (κ2) is 4.10. The summed E-state index contributed by atoms with van der Waals surface area (Å²) < 4.78 is 2.32. The van der Waals surface area contributed by atoms with Gasteiger partial charge in [-0.2, -0.15) is 0 Å². The van der Waals surface area contributed by atoms with Crippen molar-refractivity contribution in [2.45, 2.75) is 38.1 Å². The van der Waals surface area contributed by atoms with Crippen LogP contribution in [0.1, 0.15) is 38.1 Å². The minimum absolute atomic E-state index is 0.639. The van der Waals surface area contributed by atoms with Crippen molar-refractivity contribution in [2.24, 2.45) is 0 Å². The summed E-state index contributed by atoms with van der Waals surface area (Å²) in [6.07, 6.45) is 10.5. The summed E-state index contributed by atoms with van der Waals surface area (Å²) in [6.45, 7) is 0. The van der Waals surface area contributed by atoms with Crippen LogP contribution in [-0.2, 0) is 0 Å². The topological polar surface area (TPSA) is 17.8 Å². The minimum atomic E-state index is 0.639. The number of fused-ring (bicyclic) bond motifs is 1. The molecule has 0 atom stereocenters. The number of rotatable bonds is 1. The van der Waals surface area contributed by atoms with Crippen LogP contribution in [0.15, 0.2) is 24.5 Å². The summed E-state index contributed by atoms with van der Waals surface area (Å²) in [5, 5.41) is 1.87. The highest BCUT2D eigenvalue weighted by Gasteiger charge is 2.16. The third kappa shape index (κ3) is 1.71. The van der Waals surface area contributed by atoms with Gasteiger partial charge in [-0.25, -0.2) is 4.98 Å². The van der Waals surface area contributed by atoms with Gasteiger partial charge in [0.1, 0.15) is 5.65 Å². The molecule has 0 aromatic carbocycles. The number of halogens is 1. The maximum Gasteiger partial charge on any atom is 0.140 e. The molecule has 2 aromatic rings. The van der Waals surface area contributed by atoms with Crippen LogP contribution in [0.4, 0.5) is 0 Å². The monoisotopic (exact) mass is 234 g/mol. The van der Waals surface area contributed by atoms with Crippen molar-refractivity contribution in [3.8, 4) is 0 Å². The number of nitrogens with zero attached hydrogens (tertiary/aromatic N) is 2. The molecule has 1 aliphatic rings. The van der Waals surface area contributed by atoms with Crippen molar-refractivity contribution in [1.82, 2.24) is 9.55 Å². The highest BCUT2D eigenvalue weighted by molar-refractivity contribution is 6.31. The van der Waals surface area contributed by atoms with E-state index in [0.717, 1.165) is 11.0 Å². The van der Waals surface area contributed by atoms with Crippen molar-refractivity contribution >= 4 is 22.6 Å². The first-order chi connectivity index (χ1) is 7.84. The molecule has 0 radical (unpaired) electrons. The molecule has 0 spiro atoms. The summed E-state index contributed by atoms with van der Waals surface area (Å²) in [6, 6.07) is 4.74. The van der Waals surface area contributed by atoms with Crippen LogP contribution in [0.5, 0.6) is 0 Å². The molecule has 1 saturated carbocycles. The summed E-state index contributed by atoms with van der Waals surface area (Å²) >= 11 is 5.94.